The normalized spacial score (nSPS) is 32.6. The summed E-state index contributed by atoms with van der Waals surface area (Å²) in [5.74, 6) is 0.872. The van der Waals surface area contributed by atoms with Gasteiger partial charge in [0.05, 0.1) is 6.10 Å². The minimum Gasteiger partial charge on any atom is -0.381 e. The van der Waals surface area contributed by atoms with E-state index in [9.17, 15) is 4.79 Å². The lowest BCUT2D eigenvalue weighted by molar-refractivity contribution is -0.0144. The maximum atomic E-state index is 12.9. The number of halogens is 1. The molecule has 2 aliphatic rings. The summed E-state index contributed by atoms with van der Waals surface area (Å²) < 4.78 is 6.61. The van der Waals surface area contributed by atoms with Crippen molar-refractivity contribution in [2.45, 2.75) is 45.1 Å². The average molecular weight is 337 g/mol. The summed E-state index contributed by atoms with van der Waals surface area (Å²) in [7, 11) is 1.80. The molecule has 0 aliphatic heterocycles. The van der Waals surface area contributed by atoms with E-state index in [-0.39, 0.29) is 5.41 Å². The molecule has 3 rings (SSSR count). The zero-order valence-corrected chi connectivity index (χ0v) is 13.7. The monoisotopic (exact) mass is 336 g/mol. The van der Waals surface area contributed by atoms with Crippen LogP contribution < -0.4 is 0 Å². The van der Waals surface area contributed by atoms with E-state index in [2.05, 4.69) is 28.9 Å². The Hall–Kier alpha value is -0.670. The minimum atomic E-state index is -0.154. The van der Waals surface area contributed by atoms with Crippen LogP contribution in [-0.4, -0.2) is 19.0 Å². The van der Waals surface area contributed by atoms with E-state index in [4.69, 9.17) is 4.74 Å². The van der Waals surface area contributed by atoms with Crippen LogP contribution in [-0.2, 0) is 11.2 Å². The molecule has 1 aromatic rings. The molecule has 0 heterocycles. The quantitative estimate of drug-likeness (QED) is 0.800. The first-order valence-electron chi connectivity index (χ1n) is 7.45. The number of rotatable bonds is 2. The summed E-state index contributed by atoms with van der Waals surface area (Å²) in [6, 6.07) is 6.15. The Morgan fingerprint density at radius 3 is 2.95 bits per heavy atom. The Bertz CT molecular complexity index is 540. The van der Waals surface area contributed by atoms with Crippen molar-refractivity contribution in [1.82, 2.24) is 0 Å². The second kappa shape index (κ2) is 5.27. The van der Waals surface area contributed by atoms with Crippen LogP contribution in [0.2, 0.25) is 0 Å². The highest BCUT2D eigenvalue weighted by Crippen LogP contribution is 2.50. The molecule has 2 aliphatic carbocycles. The standard InChI is InChI=1S/C17H21BrO2/c1-3-11-9-17(7-6-15(11)20-2)10-12-4-5-13(18)8-14(12)16(17)19/h4-5,8,11,15H,3,6-7,9-10H2,1-2H3/t11-,15-,17?/m0/s1. The van der Waals surface area contributed by atoms with Crippen molar-refractivity contribution in [2.75, 3.05) is 7.11 Å². The smallest absolute Gasteiger partial charge is 0.169 e. The first-order chi connectivity index (χ1) is 9.59. The Morgan fingerprint density at radius 1 is 1.45 bits per heavy atom. The number of ketones is 1. The molecule has 0 aromatic heterocycles. The van der Waals surface area contributed by atoms with Crippen LogP contribution in [0.25, 0.3) is 0 Å². The third-order valence-electron chi connectivity index (χ3n) is 5.24. The van der Waals surface area contributed by atoms with Gasteiger partial charge in [0.1, 0.15) is 0 Å². The molecular weight excluding hydrogens is 316 g/mol. The minimum absolute atomic E-state index is 0.154. The highest BCUT2D eigenvalue weighted by atomic mass is 79.9. The molecule has 20 heavy (non-hydrogen) atoms. The highest BCUT2D eigenvalue weighted by Gasteiger charge is 2.49. The number of fused-ring (bicyclic) bond motifs is 1. The van der Waals surface area contributed by atoms with E-state index in [0.717, 1.165) is 42.1 Å². The second-order valence-corrected chi connectivity index (χ2v) is 7.19. The topological polar surface area (TPSA) is 26.3 Å². The Kier molecular flexibility index (Phi) is 3.76. The maximum absolute atomic E-state index is 12.9. The van der Waals surface area contributed by atoms with Crippen LogP contribution in [0, 0.1) is 11.3 Å². The van der Waals surface area contributed by atoms with Gasteiger partial charge in [0.15, 0.2) is 5.78 Å². The van der Waals surface area contributed by atoms with Gasteiger partial charge >= 0.3 is 0 Å². The Labute approximate surface area is 129 Å². The summed E-state index contributed by atoms with van der Waals surface area (Å²) in [6.45, 7) is 2.21. The molecule has 3 atom stereocenters. The molecule has 0 amide bonds. The third-order valence-corrected chi connectivity index (χ3v) is 5.73. The predicted molar refractivity (Wildman–Crippen MR) is 83.0 cm³/mol. The van der Waals surface area contributed by atoms with Gasteiger partial charge in [0, 0.05) is 22.6 Å². The number of hydrogen-bond donors (Lipinski definition) is 0. The van der Waals surface area contributed by atoms with E-state index in [1.54, 1.807) is 7.11 Å². The fourth-order valence-corrected chi connectivity index (χ4v) is 4.48. The maximum Gasteiger partial charge on any atom is 0.169 e. The molecule has 1 spiro atoms. The number of ether oxygens (including phenoxy) is 1. The molecule has 1 unspecified atom stereocenters. The lowest BCUT2D eigenvalue weighted by atomic mass is 9.65. The van der Waals surface area contributed by atoms with Gasteiger partial charge < -0.3 is 4.74 Å². The number of Topliss-reactive ketones (excluding diaryl/α,β-unsaturated/α-hetero) is 1. The van der Waals surface area contributed by atoms with Crippen molar-refractivity contribution in [2.24, 2.45) is 11.3 Å². The summed E-state index contributed by atoms with van der Waals surface area (Å²) in [5, 5.41) is 0. The van der Waals surface area contributed by atoms with Crippen LogP contribution in [0.1, 0.15) is 48.5 Å². The molecule has 1 fully saturated rings. The lowest BCUT2D eigenvalue weighted by Gasteiger charge is -2.40. The van der Waals surface area contributed by atoms with Crippen molar-refractivity contribution in [3.63, 3.8) is 0 Å². The van der Waals surface area contributed by atoms with Crippen LogP contribution >= 0.6 is 15.9 Å². The largest absolute Gasteiger partial charge is 0.381 e. The van der Waals surface area contributed by atoms with Gasteiger partial charge in [0.2, 0.25) is 0 Å². The van der Waals surface area contributed by atoms with Crippen molar-refractivity contribution < 1.29 is 9.53 Å². The molecule has 3 heteroatoms. The molecular formula is C17H21BrO2. The van der Waals surface area contributed by atoms with E-state index in [1.807, 2.05) is 12.1 Å². The van der Waals surface area contributed by atoms with Crippen molar-refractivity contribution in [1.29, 1.82) is 0 Å². The molecule has 0 radical (unpaired) electrons. The third kappa shape index (κ3) is 2.15. The molecule has 2 nitrogen and oxygen atoms in total. The number of carbonyl (C=O) groups excluding carboxylic acids is 1. The Morgan fingerprint density at radius 2 is 2.25 bits per heavy atom. The lowest BCUT2D eigenvalue weighted by Crippen LogP contribution is -2.41. The summed E-state index contributed by atoms with van der Waals surface area (Å²) in [6.07, 6.45) is 5.29. The molecule has 0 bridgehead atoms. The molecule has 108 valence electrons. The zero-order chi connectivity index (χ0) is 14.3. The van der Waals surface area contributed by atoms with Crippen LogP contribution in [0.3, 0.4) is 0 Å². The van der Waals surface area contributed by atoms with Crippen molar-refractivity contribution >= 4 is 21.7 Å². The predicted octanol–water partition coefficient (Wildman–Crippen LogP) is 4.40. The summed E-state index contributed by atoms with van der Waals surface area (Å²) in [4.78, 5) is 12.9. The number of carbonyl (C=O) groups is 1. The molecule has 1 saturated carbocycles. The van der Waals surface area contributed by atoms with E-state index in [1.165, 1.54) is 5.56 Å². The van der Waals surface area contributed by atoms with Crippen LogP contribution in [0.15, 0.2) is 22.7 Å². The summed E-state index contributed by atoms with van der Waals surface area (Å²) >= 11 is 3.48. The summed E-state index contributed by atoms with van der Waals surface area (Å²) in [5.41, 5.74) is 2.01. The van der Waals surface area contributed by atoms with Crippen molar-refractivity contribution in [3.8, 4) is 0 Å². The van der Waals surface area contributed by atoms with E-state index < -0.39 is 0 Å². The van der Waals surface area contributed by atoms with Gasteiger partial charge in [0.25, 0.3) is 0 Å². The van der Waals surface area contributed by atoms with Gasteiger partial charge in [-0.2, -0.15) is 0 Å². The fraction of sp³-hybridized carbons (Fsp3) is 0.588. The first kappa shape index (κ1) is 14.3. The average Bonchev–Trinajstić information content (AvgIpc) is 2.72. The second-order valence-electron chi connectivity index (χ2n) is 6.27. The SMILES string of the molecule is CC[C@H]1CC2(CC[C@@H]1OC)Cc1ccc(Br)cc1C2=O. The van der Waals surface area contributed by atoms with Crippen molar-refractivity contribution in [3.05, 3.63) is 33.8 Å². The van der Waals surface area contributed by atoms with Gasteiger partial charge in [-0.1, -0.05) is 35.3 Å². The van der Waals surface area contributed by atoms with Gasteiger partial charge in [-0.15, -0.1) is 0 Å². The van der Waals surface area contributed by atoms with Gasteiger partial charge in [-0.05, 0) is 49.3 Å². The van der Waals surface area contributed by atoms with Crippen LogP contribution in [0.5, 0.6) is 0 Å². The number of methoxy groups -OCH3 is 1. The van der Waals surface area contributed by atoms with Gasteiger partial charge in [-0.3, -0.25) is 4.79 Å². The number of hydrogen-bond acceptors (Lipinski definition) is 2. The first-order valence-corrected chi connectivity index (χ1v) is 8.25. The molecule has 1 aromatic carbocycles. The fourth-order valence-electron chi connectivity index (χ4n) is 4.12. The van der Waals surface area contributed by atoms with Crippen LogP contribution in [0.4, 0.5) is 0 Å². The molecule has 0 saturated heterocycles. The van der Waals surface area contributed by atoms with E-state index in [0.29, 0.717) is 17.8 Å². The Balaban J connectivity index is 1.91. The number of benzene rings is 1. The molecule has 0 N–H and O–H groups in total. The zero-order valence-electron chi connectivity index (χ0n) is 12.1. The van der Waals surface area contributed by atoms with Gasteiger partial charge in [-0.25, -0.2) is 0 Å². The highest BCUT2D eigenvalue weighted by molar-refractivity contribution is 9.10. The van der Waals surface area contributed by atoms with E-state index >= 15 is 0 Å².